The molecule has 0 aromatic heterocycles. The number of amides is 3. The van der Waals surface area contributed by atoms with Gasteiger partial charge < -0.3 is 15.5 Å². The second kappa shape index (κ2) is 6.53. The molecule has 6 heteroatoms. The summed E-state index contributed by atoms with van der Waals surface area (Å²) in [6, 6.07) is 0. The summed E-state index contributed by atoms with van der Waals surface area (Å²) >= 11 is 0. The highest BCUT2D eigenvalue weighted by molar-refractivity contribution is 5.51. The Bertz CT molecular complexity index is 127. The van der Waals surface area contributed by atoms with E-state index in [1.54, 1.807) is 0 Å². The second-order valence-electron chi connectivity index (χ2n) is 1.65. The molecule has 3 amide bonds. The Morgan fingerprint density at radius 3 is 1.73 bits per heavy atom. The van der Waals surface area contributed by atoms with Crippen molar-refractivity contribution in [2.24, 2.45) is 0 Å². The first-order chi connectivity index (χ1) is 5.35. The number of nitrogens with one attached hydrogen (secondary N) is 2. The predicted molar refractivity (Wildman–Crippen MR) is 36.0 cm³/mol. The molecule has 11 heavy (non-hydrogen) atoms. The zero-order valence-electron chi connectivity index (χ0n) is 5.82. The second-order valence-corrected chi connectivity index (χ2v) is 1.65. The standard InChI is InChI=1S/C5H9N3O3/c9-3-6-1-8(5-11)2-7-4-10/h3-5H,1-2H2,(H,6,9)(H,7,10). The first-order valence-corrected chi connectivity index (χ1v) is 2.88. The van der Waals surface area contributed by atoms with Gasteiger partial charge in [-0.05, 0) is 0 Å². The predicted octanol–water partition coefficient (Wildman–Crippen LogP) is -2.15. The van der Waals surface area contributed by atoms with Gasteiger partial charge in [-0.25, -0.2) is 0 Å². The normalized spacial score (nSPS) is 8.00. The molecule has 0 rings (SSSR count). The van der Waals surface area contributed by atoms with Crippen molar-refractivity contribution in [2.75, 3.05) is 13.3 Å². The van der Waals surface area contributed by atoms with Crippen molar-refractivity contribution in [3.05, 3.63) is 0 Å². The molecule has 0 aromatic rings. The largest absolute Gasteiger partial charge is 0.341 e. The van der Waals surface area contributed by atoms with Crippen LogP contribution in [0.3, 0.4) is 0 Å². The lowest BCUT2D eigenvalue weighted by Gasteiger charge is -2.14. The average Bonchev–Trinajstić information content (AvgIpc) is 2.05. The lowest BCUT2D eigenvalue weighted by Crippen LogP contribution is -2.38. The first kappa shape index (κ1) is 9.41. The quantitative estimate of drug-likeness (QED) is 0.328. The molecule has 0 unspecified atom stereocenters. The molecule has 0 bridgehead atoms. The SMILES string of the molecule is O=CNCN(C=O)CNC=O. The summed E-state index contributed by atoms with van der Waals surface area (Å²) in [4.78, 5) is 30.8. The Hall–Kier alpha value is -1.59. The van der Waals surface area contributed by atoms with E-state index in [4.69, 9.17) is 0 Å². The van der Waals surface area contributed by atoms with Gasteiger partial charge in [0.2, 0.25) is 19.2 Å². The highest BCUT2D eigenvalue weighted by atomic mass is 16.1. The highest BCUT2D eigenvalue weighted by Crippen LogP contribution is 1.72. The van der Waals surface area contributed by atoms with E-state index >= 15 is 0 Å². The molecule has 0 aliphatic carbocycles. The lowest BCUT2D eigenvalue weighted by atomic mass is 10.8. The van der Waals surface area contributed by atoms with E-state index in [2.05, 4.69) is 10.6 Å². The van der Waals surface area contributed by atoms with Gasteiger partial charge in [-0.15, -0.1) is 0 Å². The molecular formula is C5H9N3O3. The maximum absolute atomic E-state index is 10.1. The van der Waals surface area contributed by atoms with Crippen LogP contribution in [0, 0.1) is 0 Å². The van der Waals surface area contributed by atoms with Crippen LogP contribution in [-0.4, -0.2) is 37.5 Å². The fourth-order valence-electron chi connectivity index (χ4n) is 0.439. The molecule has 0 saturated heterocycles. The third kappa shape index (κ3) is 4.89. The summed E-state index contributed by atoms with van der Waals surface area (Å²) in [5.41, 5.74) is 0. The number of hydrogen-bond donors (Lipinski definition) is 2. The van der Waals surface area contributed by atoms with Crippen LogP contribution in [0.1, 0.15) is 0 Å². The van der Waals surface area contributed by atoms with E-state index in [0.29, 0.717) is 19.2 Å². The monoisotopic (exact) mass is 159 g/mol. The highest BCUT2D eigenvalue weighted by Gasteiger charge is 1.96. The van der Waals surface area contributed by atoms with Crippen molar-refractivity contribution in [3.8, 4) is 0 Å². The maximum atomic E-state index is 10.1. The van der Waals surface area contributed by atoms with Crippen molar-refractivity contribution in [1.29, 1.82) is 0 Å². The Labute approximate surface area is 63.5 Å². The Morgan fingerprint density at radius 2 is 1.45 bits per heavy atom. The fourth-order valence-corrected chi connectivity index (χ4v) is 0.439. The zero-order valence-corrected chi connectivity index (χ0v) is 5.82. The van der Waals surface area contributed by atoms with Crippen LogP contribution in [0.5, 0.6) is 0 Å². The third-order valence-corrected chi connectivity index (χ3v) is 0.904. The number of rotatable bonds is 7. The first-order valence-electron chi connectivity index (χ1n) is 2.88. The van der Waals surface area contributed by atoms with Crippen LogP contribution < -0.4 is 10.6 Å². The van der Waals surface area contributed by atoms with Crippen molar-refractivity contribution >= 4 is 19.2 Å². The van der Waals surface area contributed by atoms with Gasteiger partial charge >= 0.3 is 0 Å². The van der Waals surface area contributed by atoms with Gasteiger partial charge in [-0.3, -0.25) is 14.4 Å². The molecule has 0 fully saturated rings. The topological polar surface area (TPSA) is 78.5 Å². The molecule has 2 N–H and O–H groups in total. The molecule has 0 heterocycles. The smallest absolute Gasteiger partial charge is 0.212 e. The number of carbonyl (C=O) groups excluding carboxylic acids is 3. The van der Waals surface area contributed by atoms with E-state index in [9.17, 15) is 14.4 Å². The Balaban J connectivity index is 3.47. The van der Waals surface area contributed by atoms with E-state index in [0.717, 1.165) is 0 Å². The number of nitrogens with zero attached hydrogens (tertiary/aromatic N) is 1. The van der Waals surface area contributed by atoms with Gasteiger partial charge in [0.05, 0.1) is 13.3 Å². The molecule has 0 aliphatic rings. The van der Waals surface area contributed by atoms with E-state index in [1.165, 1.54) is 4.90 Å². The lowest BCUT2D eigenvalue weighted by molar-refractivity contribution is -0.120. The van der Waals surface area contributed by atoms with Gasteiger partial charge in [-0.2, -0.15) is 0 Å². The molecule has 0 radical (unpaired) electrons. The minimum Gasteiger partial charge on any atom is -0.341 e. The molecule has 6 nitrogen and oxygen atoms in total. The number of carbonyl (C=O) groups is 3. The summed E-state index contributed by atoms with van der Waals surface area (Å²) in [6.07, 6.45) is 1.46. The summed E-state index contributed by atoms with van der Waals surface area (Å²) < 4.78 is 0. The van der Waals surface area contributed by atoms with Crippen LogP contribution in [0.15, 0.2) is 0 Å². The van der Waals surface area contributed by atoms with Crippen LogP contribution >= 0.6 is 0 Å². The van der Waals surface area contributed by atoms with Crippen LogP contribution in [-0.2, 0) is 14.4 Å². The fraction of sp³-hybridized carbons (Fsp3) is 0.400. The van der Waals surface area contributed by atoms with Crippen LogP contribution in [0.2, 0.25) is 0 Å². The van der Waals surface area contributed by atoms with E-state index < -0.39 is 0 Å². The summed E-state index contributed by atoms with van der Waals surface area (Å²) in [5, 5.41) is 4.53. The molecule has 0 atom stereocenters. The Morgan fingerprint density at radius 1 is 1.00 bits per heavy atom. The molecule has 62 valence electrons. The van der Waals surface area contributed by atoms with Crippen LogP contribution in [0.25, 0.3) is 0 Å². The average molecular weight is 159 g/mol. The molecule has 0 saturated carbocycles. The molecule has 0 aromatic carbocycles. The zero-order chi connectivity index (χ0) is 8.53. The van der Waals surface area contributed by atoms with Crippen molar-refractivity contribution in [3.63, 3.8) is 0 Å². The number of hydrogen-bond acceptors (Lipinski definition) is 3. The minimum atomic E-state index is 0.0911. The van der Waals surface area contributed by atoms with E-state index in [-0.39, 0.29) is 13.3 Å². The minimum absolute atomic E-state index is 0.0911. The molecule has 0 spiro atoms. The van der Waals surface area contributed by atoms with Crippen molar-refractivity contribution < 1.29 is 14.4 Å². The van der Waals surface area contributed by atoms with Crippen molar-refractivity contribution in [1.82, 2.24) is 15.5 Å². The van der Waals surface area contributed by atoms with E-state index in [1.807, 2.05) is 0 Å². The van der Waals surface area contributed by atoms with Gasteiger partial charge in [0, 0.05) is 0 Å². The summed E-state index contributed by atoms with van der Waals surface area (Å²) in [5.74, 6) is 0. The van der Waals surface area contributed by atoms with Gasteiger partial charge in [0.15, 0.2) is 0 Å². The Kier molecular flexibility index (Phi) is 5.59. The van der Waals surface area contributed by atoms with Crippen molar-refractivity contribution in [2.45, 2.75) is 0 Å². The maximum Gasteiger partial charge on any atom is 0.212 e. The molecule has 0 aliphatic heterocycles. The summed E-state index contributed by atoms with van der Waals surface area (Å²) in [7, 11) is 0. The van der Waals surface area contributed by atoms with Gasteiger partial charge in [0.25, 0.3) is 0 Å². The van der Waals surface area contributed by atoms with Crippen LogP contribution in [0.4, 0.5) is 0 Å². The third-order valence-electron chi connectivity index (χ3n) is 0.904. The van der Waals surface area contributed by atoms with Gasteiger partial charge in [0.1, 0.15) is 0 Å². The van der Waals surface area contributed by atoms with Gasteiger partial charge in [-0.1, -0.05) is 0 Å². The summed E-state index contributed by atoms with van der Waals surface area (Å²) in [6.45, 7) is 0.182. The molecular weight excluding hydrogens is 150 g/mol.